The molecular formula is C20H19NO5S. The molecule has 6 nitrogen and oxygen atoms in total. The molecule has 27 heavy (non-hydrogen) atoms. The minimum Gasteiger partial charge on any atom is -0.454 e. The summed E-state index contributed by atoms with van der Waals surface area (Å²) in [6.45, 7) is 2.58. The van der Waals surface area contributed by atoms with E-state index >= 15 is 0 Å². The lowest BCUT2D eigenvalue weighted by atomic mass is 10.2. The van der Waals surface area contributed by atoms with Crippen LogP contribution in [0, 0.1) is 0 Å². The molecule has 0 saturated heterocycles. The Balaban J connectivity index is 1.44. The maximum atomic E-state index is 12.7. The molecule has 7 heteroatoms. The quantitative estimate of drug-likeness (QED) is 0.754. The molecule has 4 rings (SSSR count). The Kier molecular flexibility index (Phi) is 4.94. The van der Waals surface area contributed by atoms with E-state index in [1.54, 1.807) is 34.9 Å². The molecule has 2 aliphatic heterocycles. The molecule has 0 aromatic heterocycles. The average Bonchev–Trinajstić information content (AvgIpc) is 3.08. The van der Waals surface area contributed by atoms with Crippen LogP contribution in [0.2, 0.25) is 0 Å². The Hall–Kier alpha value is -2.67. The Morgan fingerprint density at radius 1 is 1.19 bits per heavy atom. The molecule has 0 radical (unpaired) electrons. The van der Waals surface area contributed by atoms with Gasteiger partial charge in [-0.05, 0) is 36.8 Å². The average molecular weight is 385 g/mol. The fourth-order valence-corrected chi connectivity index (χ4v) is 4.17. The number of carbonyl (C=O) groups is 2. The highest BCUT2D eigenvalue weighted by Crippen LogP contribution is 2.37. The summed E-state index contributed by atoms with van der Waals surface area (Å²) in [4.78, 5) is 27.8. The van der Waals surface area contributed by atoms with Crippen molar-refractivity contribution in [1.29, 1.82) is 0 Å². The van der Waals surface area contributed by atoms with Crippen LogP contribution >= 0.6 is 11.8 Å². The number of thioether (sulfide) groups is 1. The monoisotopic (exact) mass is 385 g/mol. The van der Waals surface area contributed by atoms with E-state index in [-0.39, 0.29) is 19.3 Å². The van der Waals surface area contributed by atoms with Gasteiger partial charge in [-0.1, -0.05) is 19.1 Å². The number of carbonyl (C=O) groups excluding carboxylic acids is 2. The molecule has 140 valence electrons. The van der Waals surface area contributed by atoms with E-state index < -0.39 is 5.97 Å². The van der Waals surface area contributed by atoms with Gasteiger partial charge in [-0.15, -0.1) is 11.8 Å². The minimum atomic E-state index is -0.562. The number of esters is 1. The summed E-state index contributed by atoms with van der Waals surface area (Å²) in [5, 5.41) is 0.417. The highest BCUT2D eigenvalue weighted by Gasteiger charge is 2.25. The molecule has 0 fully saturated rings. The molecule has 0 spiro atoms. The second-order valence-corrected chi connectivity index (χ2v) is 7.85. The number of benzene rings is 2. The van der Waals surface area contributed by atoms with Crippen molar-refractivity contribution in [2.24, 2.45) is 0 Å². The van der Waals surface area contributed by atoms with E-state index in [1.807, 2.05) is 24.3 Å². The molecule has 1 amide bonds. The molecule has 0 aliphatic carbocycles. The summed E-state index contributed by atoms with van der Waals surface area (Å²) in [5.74, 6) is 0.303. The van der Waals surface area contributed by atoms with Gasteiger partial charge in [0.25, 0.3) is 5.91 Å². The van der Waals surface area contributed by atoms with Crippen molar-refractivity contribution in [3.05, 3.63) is 48.0 Å². The van der Waals surface area contributed by atoms with Gasteiger partial charge in [0.15, 0.2) is 18.1 Å². The molecule has 2 aromatic carbocycles. The van der Waals surface area contributed by atoms with Gasteiger partial charge in [-0.25, -0.2) is 4.79 Å². The van der Waals surface area contributed by atoms with Gasteiger partial charge in [0.2, 0.25) is 6.79 Å². The van der Waals surface area contributed by atoms with Crippen molar-refractivity contribution < 1.29 is 23.8 Å². The van der Waals surface area contributed by atoms with Crippen LogP contribution in [0.15, 0.2) is 47.4 Å². The fraction of sp³-hybridized carbons (Fsp3) is 0.300. The van der Waals surface area contributed by atoms with Gasteiger partial charge in [-0.2, -0.15) is 0 Å². The molecule has 0 N–H and O–H groups in total. The maximum absolute atomic E-state index is 12.7. The highest BCUT2D eigenvalue weighted by atomic mass is 32.2. The van der Waals surface area contributed by atoms with Crippen LogP contribution in [0.3, 0.4) is 0 Å². The minimum absolute atomic E-state index is 0.136. The van der Waals surface area contributed by atoms with Crippen molar-refractivity contribution in [3.63, 3.8) is 0 Å². The summed E-state index contributed by atoms with van der Waals surface area (Å²) in [6.07, 6.45) is 0.876. The lowest BCUT2D eigenvalue weighted by molar-refractivity contribution is -0.121. The van der Waals surface area contributed by atoms with Gasteiger partial charge in [0.1, 0.15) is 0 Å². The van der Waals surface area contributed by atoms with Crippen LogP contribution in [0.4, 0.5) is 5.69 Å². The number of amides is 1. The Morgan fingerprint density at radius 2 is 2.00 bits per heavy atom. The highest BCUT2D eigenvalue weighted by molar-refractivity contribution is 8.00. The van der Waals surface area contributed by atoms with Crippen molar-refractivity contribution >= 4 is 29.3 Å². The third kappa shape index (κ3) is 3.73. The van der Waals surface area contributed by atoms with Crippen LogP contribution in [-0.4, -0.2) is 37.1 Å². The lowest BCUT2D eigenvalue weighted by Crippen LogP contribution is -2.35. The van der Waals surface area contributed by atoms with Crippen molar-refractivity contribution in [2.75, 3.05) is 24.8 Å². The zero-order valence-corrected chi connectivity index (χ0v) is 15.7. The van der Waals surface area contributed by atoms with Gasteiger partial charge < -0.3 is 19.1 Å². The third-order valence-electron chi connectivity index (χ3n) is 4.48. The van der Waals surface area contributed by atoms with E-state index in [2.05, 4.69) is 6.92 Å². The van der Waals surface area contributed by atoms with Gasteiger partial charge in [-0.3, -0.25) is 4.79 Å². The fourth-order valence-electron chi connectivity index (χ4n) is 3.06. The van der Waals surface area contributed by atoms with Crippen LogP contribution in [0.1, 0.15) is 23.7 Å². The van der Waals surface area contributed by atoms with Crippen molar-refractivity contribution in [2.45, 2.75) is 23.5 Å². The number of hydrogen-bond acceptors (Lipinski definition) is 6. The summed E-state index contributed by atoms with van der Waals surface area (Å²) < 4.78 is 15.7. The molecule has 2 aromatic rings. The van der Waals surface area contributed by atoms with Crippen LogP contribution in [0.5, 0.6) is 11.5 Å². The van der Waals surface area contributed by atoms with Gasteiger partial charge >= 0.3 is 5.97 Å². The van der Waals surface area contributed by atoms with E-state index in [9.17, 15) is 9.59 Å². The molecule has 0 unspecified atom stereocenters. The summed E-state index contributed by atoms with van der Waals surface area (Å²) in [5.41, 5.74) is 1.20. The Bertz CT molecular complexity index is 884. The standard InChI is InChI=1S/C20H19NO5S/c1-13-8-9-21(15-4-2-3-5-18(15)27-13)19(22)11-24-20(23)14-6-7-16-17(10-14)26-12-25-16/h2-7,10,13H,8-9,11-12H2,1H3/t13-/m0/s1. The maximum Gasteiger partial charge on any atom is 0.338 e. The van der Waals surface area contributed by atoms with Crippen LogP contribution in [0.25, 0.3) is 0 Å². The predicted octanol–water partition coefficient (Wildman–Crippen LogP) is 3.49. The largest absolute Gasteiger partial charge is 0.454 e. The number of rotatable bonds is 3. The van der Waals surface area contributed by atoms with Crippen LogP contribution < -0.4 is 14.4 Å². The number of ether oxygens (including phenoxy) is 3. The first-order valence-electron chi connectivity index (χ1n) is 8.74. The third-order valence-corrected chi connectivity index (χ3v) is 5.72. The summed E-state index contributed by atoms with van der Waals surface area (Å²) in [6, 6.07) is 12.6. The normalized spacial score (nSPS) is 17.8. The molecule has 1 atom stereocenters. The number of fused-ring (bicyclic) bond motifs is 2. The van der Waals surface area contributed by atoms with E-state index in [0.717, 1.165) is 17.0 Å². The molecule has 0 bridgehead atoms. The predicted molar refractivity (Wildman–Crippen MR) is 102 cm³/mol. The molecule has 0 saturated carbocycles. The van der Waals surface area contributed by atoms with E-state index in [0.29, 0.717) is 28.9 Å². The molecule has 2 heterocycles. The Labute approximate surface area is 161 Å². The lowest BCUT2D eigenvalue weighted by Gasteiger charge is -2.22. The first-order valence-corrected chi connectivity index (χ1v) is 9.62. The van der Waals surface area contributed by atoms with Crippen molar-refractivity contribution in [1.82, 2.24) is 0 Å². The summed E-state index contributed by atoms with van der Waals surface area (Å²) >= 11 is 1.76. The van der Waals surface area contributed by atoms with Crippen molar-refractivity contribution in [3.8, 4) is 11.5 Å². The molecule has 2 aliphatic rings. The van der Waals surface area contributed by atoms with Crippen LogP contribution in [-0.2, 0) is 9.53 Å². The number of hydrogen-bond donors (Lipinski definition) is 0. The van der Waals surface area contributed by atoms with E-state index in [4.69, 9.17) is 14.2 Å². The second-order valence-electron chi connectivity index (χ2n) is 6.37. The first-order chi connectivity index (χ1) is 13.1. The number of para-hydroxylation sites is 1. The Morgan fingerprint density at radius 3 is 2.89 bits per heavy atom. The number of nitrogens with zero attached hydrogens (tertiary/aromatic N) is 1. The zero-order chi connectivity index (χ0) is 18.8. The number of anilines is 1. The smallest absolute Gasteiger partial charge is 0.338 e. The topological polar surface area (TPSA) is 65.1 Å². The summed E-state index contributed by atoms with van der Waals surface area (Å²) in [7, 11) is 0. The SMILES string of the molecule is C[C@H]1CCN(C(=O)COC(=O)c2ccc3c(c2)OCO3)c2ccccc2S1. The van der Waals surface area contributed by atoms with E-state index in [1.165, 1.54) is 0 Å². The van der Waals surface area contributed by atoms with Gasteiger partial charge in [0, 0.05) is 16.7 Å². The molecular weight excluding hydrogens is 366 g/mol. The second kappa shape index (κ2) is 7.52. The van der Waals surface area contributed by atoms with Gasteiger partial charge in [0.05, 0.1) is 11.3 Å². The first kappa shape index (κ1) is 17.7. The zero-order valence-electron chi connectivity index (χ0n) is 14.8.